The van der Waals surface area contributed by atoms with Crippen molar-refractivity contribution in [3.63, 3.8) is 0 Å². The third-order valence-corrected chi connectivity index (χ3v) is 6.74. The van der Waals surface area contributed by atoms with Crippen LogP contribution >= 0.6 is 0 Å². The number of ether oxygens (including phenoxy) is 1. The van der Waals surface area contributed by atoms with Gasteiger partial charge in [-0.05, 0) is 49.4 Å². The first-order valence-electron chi connectivity index (χ1n) is 12.2. The van der Waals surface area contributed by atoms with Crippen LogP contribution in [0.1, 0.15) is 41.6 Å². The average Bonchev–Trinajstić information content (AvgIpc) is 2.90. The summed E-state index contributed by atoms with van der Waals surface area (Å²) in [6.45, 7) is 2.07. The molecule has 1 aromatic carbocycles. The number of aryl methyl sites for hydroxylation is 1. The number of nitrogens with zero attached hydrogens (tertiary/aromatic N) is 2. The Labute approximate surface area is 205 Å². The molecule has 1 spiro atoms. The second-order valence-electron chi connectivity index (χ2n) is 9.02. The number of para-hydroxylation sites is 1. The van der Waals surface area contributed by atoms with Gasteiger partial charge in [-0.25, -0.2) is 0 Å². The topological polar surface area (TPSA) is 101 Å². The van der Waals surface area contributed by atoms with Crippen molar-refractivity contribution in [2.45, 2.75) is 32.1 Å². The maximum atomic E-state index is 13.2. The standard InChI is InChI=1S/C27H32N4O4/c32-24(10-9-21-6-5-14-28-20-21)31-17-12-27(13-18-31)11-3-4-19-35-23-8-2-1-7-22(23)25(33)29-15-16-30-26(27)34/h1-8,14,20H,9-13,15-19H2,(H,29,33)(H,30,34). The molecule has 2 aromatic rings. The number of hydrogen-bond acceptors (Lipinski definition) is 5. The molecule has 2 N–H and O–H groups in total. The fourth-order valence-corrected chi connectivity index (χ4v) is 4.59. The largest absolute Gasteiger partial charge is 0.489 e. The number of benzene rings is 1. The van der Waals surface area contributed by atoms with Crippen molar-refractivity contribution in [3.05, 3.63) is 72.1 Å². The van der Waals surface area contributed by atoms with Gasteiger partial charge in [-0.15, -0.1) is 0 Å². The van der Waals surface area contributed by atoms with Gasteiger partial charge in [0.2, 0.25) is 11.8 Å². The van der Waals surface area contributed by atoms with Crippen LogP contribution in [0, 0.1) is 5.41 Å². The van der Waals surface area contributed by atoms with Crippen LogP contribution in [0.5, 0.6) is 5.75 Å². The number of nitrogens with one attached hydrogen (secondary N) is 2. The lowest BCUT2D eigenvalue weighted by Crippen LogP contribution is -2.51. The summed E-state index contributed by atoms with van der Waals surface area (Å²) >= 11 is 0. The van der Waals surface area contributed by atoms with Crippen molar-refractivity contribution in [2.75, 3.05) is 32.8 Å². The molecule has 8 nitrogen and oxygen atoms in total. The van der Waals surface area contributed by atoms with E-state index in [1.165, 1.54) is 0 Å². The second kappa shape index (κ2) is 11.6. The molecular weight excluding hydrogens is 444 g/mol. The molecule has 1 aromatic heterocycles. The van der Waals surface area contributed by atoms with Crippen LogP contribution in [-0.2, 0) is 16.0 Å². The zero-order valence-corrected chi connectivity index (χ0v) is 19.9. The van der Waals surface area contributed by atoms with Crippen molar-refractivity contribution >= 4 is 17.7 Å². The van der Waals surface area contributed by atoms with Gasteiger partial charge in [0, 0.05) is 45.0 Å². The molecule has 35 heavy (non-hydrogen) atoms. The molecule has 0 radical (unpaired) electrons. The third-order valence-electron chi connectivity index (χ3n) is 6.74. The van der Waals surface area contributed by atoms with E-state index in [1.807, 2.05) is 35.3 Å². The summed E-state index contributed by atoms with van der Waals surface area (Å²) in [7, 11) is 0. The first-order valence-corrected chi connectivity index (χ1v) is 12.2. The molecule has 0 saturated carbocycles. The van der Waals surface area contributed by atoms with E-state index in [0.29, 0.717) is 76.2 Å². The lowest BCUT2D eigenvalue weighted by atomic mass is 9.74. The minimum absolute atomic E-state index is 0.0303. The smallest absolute Gasteiger partial charge is 0.255 e. The number of fused-ring (bicyclic) bond motifs is 1. The second-order valence-corrected chi connectivity index (χ2v) is 9.02. The number of allylic oxidation sites excluding steroid dienone is 1. The number of carbonyl (C=O) groups is 3. The van der Waals surface area contributed by atoms with Crippen molar-refractivity contribution in [1.82, 2.24) is 20.5 Å². The molecule has 4 rings (SSSR count). The van der Waals surface area contributed by atoms with Gasteiger partial charge in [-0.2, -0.15) is 0 Å². The molecule has 2 aliphatic rings. The van der Waals surface area contributed by atoms with Gasteiger partial charge in [-0.1, -0.05) is 30.4 Å². The minimum Gasteiger partial charge on any atom is -0.489 e. The first kappa shape index (κ1) is 24.4. The molecule has 0 atom stereocenters. The van der Waals surface area contributed by atoms with Gasteiger partial charge in [0.05, 0.1) is 11.0 Å². The van der Waals surface area contributed by atoms with E-state index in [1.54, 1.807) is 30.6 Å². The Morgan fingerprint density at radius 3 is 2.63 bits per heavy atom. The number of pyridine rings is 1. The van der Waals surface area contributed by atoms with E-state index in [2.05, 4.69) is 15.6 Å². The van der Waals surface area contributed by atoms with E-state index < -0.39 is 5.41 Å². The Morgan fingerprint density at radius 1 is 1.03 bits per heavy atom. The Hall–Kier alpha value is -3.68. The Balaban J connectivity index is 1.38. The van der Waals surface area contributed by atoms with E-state index in [4.69, 9.17) is 4.74 Å². The van der Waals surface area contributed by atoms with E-state index in [0.717, 1.165) is 5.56 Å². The first-order chi connectivity index (χ1) is 17.1. The fourth-order valence-electron chi connectivity index (χ4n) is 4.59. The predicted molar refractivity (Wildman–Crippen MR) is 132 cm³/mol. The minimum atomic E-state index is -0.581. The molecule has 0 aliphatic carbocycles. The number of likely N-dealkylation sites (tertiary alicyclic amines) is 1. The van der Waals surface area contributed by atoms with Crippen LogP contribution < -0.4 is 15.4 Å². The van der Waals surface area contributed by atoms with Crippen molar-refractivity contribution in [1.29, 1.82) is 0 Å². The van der Waals surface area contributed by atoms with E-state index in [-0.39, 0.29) is 17.7 Å². The number of rotatable bonds is 3. The van der Waals surface area contributed by atoms with Gasteiger partial charge in [-0.3, -0.25) is 19.4 Å². The molecule has 3 heterocycles. The highest BCUT2D eigenvalue weighted by Crippen LogP contribution is 2.36. The summed E-state index contributed by atoms with van der Waals surface area (Å²) in [5.74, 6) is 0.375. The zero-order valence-electron chi connectivity index (χ0n) is 19.9. The summed E-state index contributed by atoms with van der Waals surface area (Å²) in [6, 6.07) is 11.0. The zero-order chi connectivity index (χ0) is 24.5. The van der Waals surface area contributed by atoms with Crippen molar-refractivity contribution in [3.8, 4) is 5.75 Å². The molecule has 1 fully saturated rings. The number of hydrogen-bond donors (Lipinski definition) is 2. The number of amides is 3. The molecule has 2 aliphatic heterocycles. The van der Waals surface area contributed by atoms with Gasteiger partial charge in [0.25, 0.3) is 5.91 Å². The summed E-state index contributed by atoms with van der Waals surface area (Å²) in [5.41, 5.74) is 0.936. The summed E-state index contributed by atoms with van der Waals surface area (Å²) < 4.78 is 5.81. The molecule has 0 bridgehead atoms. The fraction of sp³-hybridized carbons (Fsp3) is 0.407. The summed E-state index contributed by atoms with van der Waals surface area (Å²) in [5, 5.41) is 5.85. The molecule has 1 saturated heterocycles. The number of piperidine rings is 1. The molecule has 184 valence electrons. The molecule has 8 heteroatoms. The van der Waals surface area contributed by atoms with Crippen LogP contribution in [0.15, 0.2) is 60.9 Å². The summed E-state index contributed by atoms with van der Waals surface area (Å²) in [4.78, 5) is 44.5. The van der Waals surface area contributed by atoms with Crippen LogP contribution in [0.2, 0.25) is 0 Å². The number of aromatic nitrogens is 1. The van der Waals surface area contributed by atoms with Gasteiger partial charge < -0.3 is 20.3 Å². The Bertz CT molecular complexity index is 1060. The Morgan fingerprint density at radius 2 is 1.83 bits per heavy atom. The SMILES string of the molecule is O=C1NCCNC(=O)C2(CC=CCOc3ccccc31)CCN(C(=O)CCc1cccnc1)CC2. The van der Waals surface area contributed by atoms with Crippen LogP contribution in [0.25, 0.3) is 0 Å². The third kappa shape index (κ3) is 6.26. The average molecular weight is 477 g/mol. The highest BCUT2D eigenvalue weighted by Gasteiger charge is 2.41. The molecular formula is C27H32N4O4. The maximum absolute atomic E-state index is 13.2. The van der Waals surface area contributed by atoms with E-state index >= 15 is 0 Å². The molecule has 0 unspecified atom stereocenters. The lowest BCUT2D eigenvalue weighted by Gasteiger charge is -2.40. The van der Waals surface area contributed by atoms with Crippen molar-refractivity contribution in [2.24, 2.45) is 5.41 Å². The maximum Gasteiger partial charge on any atom is 0.255 e. The van der Waals surface area contributed by atoms with Crippen LogP contribution in [0.4, 0.5) is 0 Å². The van der Waals surface area contributed by atoms with Crippen LogP contribution in [-0.4, -0.2) is 60.4 Å². The quantitative estimate of drug-likeness (QED) is 0.663. The van der Waals surface area contributed by atoms with Crippen molar-refractivity contribution < 1.29 is 19.1 Å². The van der Waals surface area contributed by atoms with Crippen LogP contribution in [0.3, 0.4) is 0 Å². The number of carbonyl (C=O) groups excluding carboxylic acids is 3. The predicted octanol–water partition coefficient (Wildman–Crippen LogP) is 2.51. The molecule has 3 amide bonds. The lowest BCUT2D eigenvalue weighted by molar-refractivity contribution is -0.140. The van der Waals surface area contributed by atoms with E-state index in [9.17, 15) is 14.4 Å². The highest BCUT2D eigenvalue weighted by atomic mass is 16.5. The van der Waals surface area contributed by atoms with Gasteiger partial charge in [0.1, 0.15) is 12.4 Å². The monoisotopic (exact) mass is 476 g/mol. The summed E-state index contributed by atoms with van der Waals surface area (Å²) in [6.07, 6.45) is 10.2. The highest BCUT2D eigenvalue weighted by molar-refractivity contribution is 5.97. The normalized spacial score (nSPS) is 18.6. The van der Waals surface area contributed by atoms with Gasteiger partial charge in [0.15, 0.2) is 0 Å². The van der Waals surface area contributed by atoms with Gasteiger partial charge >= 0.3 is 0 Å². The Kier molecular flexibility index (Phi) is 8.13.